The number of ether oxygens (including phenoxy) is 1. The van der Waals surface area contributed by atoms with E-state index in [1.165, 1.54) is 25.8 Å². The van der Waals surface area contributed by atoms with E-state index in [9.17, 15) is 0 Å². The fraction of sp³-hybridized carbons (Fsp3) is 1.00. The number of rotatable bonds is 2. The van der Waals surface area contributed by atoms with Crippen LogP contribution in [0.1, 0.15) is 32.6 Å². The molecule has 0 spiro atoms. The molecule has 82 valence electrons. The molecule has 2 fully saturated rings. The van der Waals surface area contributed by atoms with Gasteiger partial charge in [-0.05, 0) is 38.9 Å². The first-order valence-corrected chi connectivity index (χ1v) is 6.01. The highest BCUT2D eigenvalue weighted by molar-refractivity contribution is 4.83. The Morgan fingerprint density at radius 3 is 3.00 bits per heavy atom. The lowest BCUT2D eigenvalue weighted by atomic mass is 10.0. The van der Waals surface area contributed by atoms with Crippen molar-refractivity contribution in [2.45, 2.75) is 44.9 Å². The van der Waals surface area contributed by atoms with Crippen molar-refractivity contribution in [3.05, 3.63) is 0 Å². The number of nitrogens with zero attached hydrogens (tertiary/aromatic N) is 1. The number of nitrogens with one attached hydrogen (secondary N) is 1. The Bertz CT molecular complexity index is 169. The lowest BCUT2D eigenvalue weighted by molar-refractivity contribution is -0.0642. The second-order valence-electron chi connectivity index (χ2n) is 4.29. The molecule has 0 aromatic heterocycles. The molecule has 2 unspecified atom stereocenters. The number of likely N-dealkylation sites (N-methyl/N-ethyl adjacent to an activating group) is 1. The molecule has 2 atom stereocenters. The summed E-state index contributed by atoms with van der Waals surface area (Å²) in [6, 6.07) is 0.619. The fourth-order valence-corrected chi connectivity index (χ4v) is 2.59. The predicted molar refractivity (Wildman–Crippen MR) is 57.2 cm³/mol. The Kier molecular flexibility index (Phi) is 3.79. The van der Waals surface area contributed by atoms with Gasteiger partial charge in [0.2, 0.25) is 0 Å². The highest BCUT2D eigenvalue weighted by Crippen LogP contribution is 2.21. The molecule has 14 heavy (non-hydrogen) atoms. The minimum Gasteiger partial charge on any atom is -0.362 e. The van der Waals surface area contributed by atoms with Gasteiger partial charge in [0.05, 0.1) is 0 Å². The summed E-state index contributed by atoms with van der Waals surface area (Å²) in [4.78, 5) is 2.56. The molecule has 0 amide bonds. The van der Waals surface area contributed by atoms with Crippen molar-refractivity contribution >= 4 is 0 Å². The van der Waals surface area contributed by atoms with Gasteiger partial charge >= 0.3 is 0 Å². The number of piperidine rings is 1. The minimum absolute atomic E-state index is 0.295. The summed E-state index contributed by atoms with van der Waals surface area (Å²) in [5.74, 6) is 0. The van der Waals surface area contributed by atoms with Crippen LogP contribution < -0.4 is 5.32 Å². The van der Waals surface area contributed by atoms with Crippen LogP contribution in [0.3, 0.4) is 0 Å². The lowest BCUT2D eigenvalue weighted by Gasteiger charge is -2.41. The van der Waals surface area contributed by atoms with Gasteiger partial charge in [-0.3, -0.25) is 10.2 Å². The predicted octanol–water partition coefficient (Wildman–Crippen LogP) is 1.20. The van der Waals surface area contributed by atoms with Crippen molar-refractivity contribution in [2.24, 2.45) is 0 Å². The molecule has 1 N–H and O–H groups in total. The Balaban J connectivity index is 1.91. The summed E-state index contributed by atoms with van der Waals surface area (Å²) in [7, 11) is 0. The van der Waals surface area contributed by atoms with Gasteiger partial charge in [0, 0.05) is 12.6 Å². The van der Waals surface area contributed by atoms with Crippen molar-refractivity contribution in [3.63, 3.8) is 0 Å². The number of hydrogen-bond donors (Lipinski definition) is 1. The van der Waals surface area contributed by atoms with Crippen LogP contribution in [-0.2, 0) is 4.74 Å². The van der Waals surface area contributed by atoms with Gasteiger partial charge in [0.25, 0.3) is 0 Å². The Morgan fingerprint density at radius 1 is 1.36 bits per heavy atom. The van der Waals surface area contributed by atoms with Gasteiger partial charge in [-0.2, -0.15) is 0 Å². The molecule has 2 saturated heterocycles. The quantitative estimate of drug-likeness (QED) is 0.721. The molecule has 2 aliphatic rings. The van der Waals surface area contributed by atoms with Gasteiger partial charge in [-0.1, -0.05) is 13.3 Å². The van der Waals surface area contributed by atoms with Crippen LogP contribution in [0, 0.1) is 0 Å². The third-order valence-electron chi connectivity index (χ3n) is 3.38. The summed E-state index contributed by atoms with van der Waals surface area (Å²) >= 11 is 0. The van der Waals surface area contributed by atoms with E-state index in [4.69, 9.17) is 4.74 Å². The van der Waals surface area contributed by atoms with Crippen LogP contribution in [0.15, 0.2) is 0 Å². The van der Waals surface area contributed by atoms with Gasteiger partial charge < -0.3 is 4.74 Å². The number of likely N-dealkylation sites (tertiary alicyclic amines) is 1. The third kappa shape index (κ3) is 2.27. The van der Waals surface area contributed by atoms with E-state index in [1.54, 1.807) is 0 Å². The van der Waals surface area contributed by atoms with Crippen LogP contribution in [0.2, 0.25) is 0 Å². The van der Waals surface area contributed by atoms with Crippen molar-refractivity contribution < 1.29 is 4.74 Å². The first-order valence-electron chi connectivity index (χ1n) is 6.01. The fourth-order valence-electron chi connectivity index (χ4n) is 2.59. The van der Waals surface area contributed by atoms with Crippen LogP contribution in [0.25, 0.3) is 0 Å². The molecule has 0 aromatic rings. The zero-order chi connectivity index (χ0) is 9.80. The van der Waals surface area contributed by atoms with Crippen molar-refractivity contribution in [1.82, 2.24) is 10.2 Å². The van der Waals surface area contributed by atoms with E-state index >= 15 is 0 Å². The van der Waals surface area contributed by atoms with Gasteiger partial charge in [-0.25, -0.2) is 0 Å². The maximum Gasteiger partial charge on any atom is 0.123 e. The van der Waals surface area contributed by atoms with Crippen molar-refractivity contribution in [2.75, 3.05) is 26.2 Å². The van der Waals surface area contributed by atoms with Crippen molar-refractivity contribution in [3.8, 4) is 0 Å². The van der Waals surface area contributed by atoms with Crippen LogP contribution in [0.5, 0.6) is 0 Å². The average molecular weight is 198 g/mol. The molecular formula is C11H22N2O. The van der Waals surface area contributed by atoms with Crippen LogP contribution in [-0.4, -0.2) is 43.4 Å². The molecule has 0 radical (unpaired) electrons. The standard InChI is InChI=1S/C11H22N2O/c1-2-13-8-4-3-6-10(13)11-12-7-5-9-14-11/h10-12H,2-9H2,1H3. The summed E-state index contributed by atoms with van der Waals surface area (Å²) in [5.41, 5.74) is 0. The smallest absolute Gasteiger partial charge is 0.123 e. The second-order valence-corrected chi connectivity index (χ2v) is 4.29. The maximum absolute atomic E-state index is 5.80. The Morgan fingerprint density at radius 2 is 2.29 bits per heavy atom. The molecule has 2 rings (SSSR count). The van der Waals surface area contributed by atoms with E-state index in [-0.39, 0.29) is 0 Å². The zero-order valence-electron chi connectivity index (χ0n) is 9.17. The van der Waals surface area contributed by atoms with E-state index in [1.807, 2.05) is 0 Å². The van der Waals surface area contributed by atoms with Gasteiger partial charge in [-0.15, -0.1) is 0 Å². The number of hydrogen-bond acceptors (Lipinski definition) is 3. The zero-order valence-corrected chi connectivity index (χ0v) is 9.17. The Hall–Kier alpha value is -0.120. The molecule has 3 heteroatoms. The van der Waals surface area contributed by atoms with Crippen LogP contribution in [0.4, 0.5) is 0 Å². The van der Waals surface area contributed by atoms with Crippen LogP contribution >= 0.6 is 0 Å². The first-order chi connectivity index (χ1) is 6.92. The van der Waals surface area contributed by atoms with Gasteiger partial charge in [0.1, 0.15) is 6.23 Å². The molecule has 3 nitrogen and oxygen atoms in total. The summed E-state index contributed by atoms with van der Waals surface area (Å²) in [6.07, 6.45) is 5.48. The average Bonchev–Trinajstić information content (AvgIpc) is 2.30. The molecule has 0 saturated carbocycles. The van der Waals surface area contributed by atoms with Crippen molar-refractivity contribution in [1.29, 1.82) is 0 Å². The van der Waals surface area contributed by atoms with E-state index < -0.39 is 0 Å². The maximum atomic E-state index is 5.80. The topological polar surface area (TPSA) is 24.5 Å². The molecule has 0 aromatic carbocycles. The molecule has 0 aliphatic carbocycles. The first kappa shape index (κ1) is 10.4. The molecular weight excluding hydrogens is 176 g/mol. The lowest BCUT2D eigenvalue weighted by Crippen LogP contribution is -2.55. The highest BCUT2D eigenvalue weighted by Gasteiger charge is 2.30. The largest absolute Gasteiger partial charge is 0.362 e. The summed E-state index contributed by atoms with van der Waals surface area (Å²) in [6.45, 7) is 6.72. The second kappa shape index (κ2) is 5.10. The molecule has 2 heterocycles. The highest BCUT2D eigenvalue weighted by atomic mass is 16.5. The van der Waals surface area contributed by atoms with Gasteiger partial charge in [0.15, 0.2) is 0 Å². The monoisotopic (exact) mass is 198 g/mol. The molecule has 0 bridgehead atoms. The minimum atomic E-state index is 0.295. The summed E-state index contributed by atoms with van der Waals surface area (Å²) in [5, 5.41) is 3.49. The van der Waals surface area contributed by atoms with E-state index in [2.05, 4.69) is 17.1 Å². The Labute approximate surface area is 86.8 Å². The van der Waals surface area contributed by atoms with E-state index in [0.717, 1.165) is 26.1 Å². The summed E-state index contributed by atoms with van der Waals surface area (Å²) < 4.78 is 5.80. The SMILES string of the molecule is CCN1CCCCC1C1NCCCO1. The third-order valence-corrected chi connectivity index (χ3v) is 3.38. The van der Waals surface area contributed by atoms with E-state index in [0.29, 0.717) is 12.3 Å². The normalized spacial score (nSPS) is 35.8. The molecule has 2 aliphatic heterocycles.